The van der Waals surface area contributed by atoms with Crippen LogP contribution in [0.15, 0.2) is 16.6 Å². The maximum atomic E-state index is 13.5. The summed E-state index contributed by atoms with van der Waals surface area (Å²) in [5, 5.41) is 13.3. The van der Waals surface area contributed by atoms with Crippen LogP contribution in [0.4, 0.5) is 19.3 Å². The van der Waals surface area contributed by atoms with Crippen molar-refractivity contribution >= 4 is 33.6 Å². The van der Waals surface area contributed by atoms with Crippen LogP contribution in [0.3, 0.4) is 0 Å². The predicted molar refractivity (Wildman–Crippen MR) is 70.4 cm³/mol. The minimum atomic E-state index is -0.987. The van der Waals surface area contributed by atoms with Gasteiger partial charge in [-0.05, 0) is 25.0 Å². The first-order chi connectivity index (χ1) is 9.34. The van der Waals surface area contributed by atoms with Gasteiger partial charge in [0.25, 0.3) is 0 Å². The fourth-order valence-electron chi connectivity index (χ4n) is 1.69. The molecule has 0 aliphatic heterocycles. The number of amides is 2. The van der Waals surface area contributed by atoms with Gasteiger partial charge < -0.3 is 15.7 Å². The Balaban J connectivity index is 1.97. The van der Waals surface area contributed by atoms with Crippen molar-refractivity contribution in [2.24, 2.45) is 5.41 Å². The van der Waals surface area contributed by atoms with E-state index in [1.165, 1.54) is 0 Å². The van der Waals surface area contributed by atoms with Gasteiger partial charge in [-0.15, -0.1) is 0 Å². The number of benzene rings is 1. The van der Waals surface area contributed by atoms with Gasteiger partial charge in [0, 0.05) is 11.0 Å². The van der Waals surface area contributed by atoms with Crippen LogP contribution >= 0.6 is 15.9 Å². The number of carbonyl (C=O) groups is 2. The molecule has 8 heteroatoms. The highest BCUT2D eigenvalue weighted by Gasteiger charge is 2.50. The lowest BCUT2D eigenvalue weighted by Crippen LogP contribution is -2.37. The molecule has 0 aromatic heterocycles. The maximum absolute atomic E-state index is 13.5. The second kappa shape index (κ2) is 5.35. The standard InChI is InChI=1S/C12H11BrF2N2O3/c13-6-3-7(14)9(8(15)4-6)17-11(20)16-5-12(1-2-12)10(18)19/h3-4H,1-2,5H2,(H,18,19)(H2,16,17,20). The monoisotopic (exact) mass is 348 g/mol. The number of hydrogen-bond acceptors (Lipinski definition) is 2. The summed E-state index contributed by atoms with van der Waals surface area (Å²) in [7, 11) is 0. The third-order valence-electron chi connectivity index (χ3n) is 3.14. The second-order valence-corrected chi connectivity index (χ2v) is 5.55. The lowest BCUT2D eigenvalue weighted by atomic mass is 10.1. The summed E-state index contributed by atoms with van der Waals surface area (Å²) in [6.45, 7) is -0.0755. The molecule has 20 heavy (non-hydrogen) atoms. The van der Waals surface area contributed by atoms with Crippen molar-refractivity contribution in [1.29, 1.82) is 0 Å². The number of carbonyl (C=O) groups excluding carboxylic acids is 1. The molecule has 0 heterocycles. The van der Waals surface area contributed by atoms with Gasteiger partial charge in [-0.2, -0.15) is 0 Å². The van der Waals surface area contributed by atoms with Crippen LogP contribution < -0.4 is 10.6 Å². The minimum absolute atomic E-state index is 0.0755. The molecule has 0 saturated heterocycles. The molecule has 0 unspecified atom stereocenters. The van der Waals surface area contributed by atoms with Gasteiger partial charge in [0.05, 0.1) is 5.41 Å². The van der Waals surface area contributed by atoms with Gasteiger partial charge in [0.15, 0.2) is 11.6 Å². The molecule has 3 N–H and O–H groups in total. The van der Waals surface area contributed by atoms with Crippen LogP contribution in [-0.4, -0.2) is 23.7 Å². The summed E-state index contributed by atoms with van der Waals surface area (Å²) >= 11 is 2.92. The SMILES string of the molecule is O=C(NCC1(C(=O)O)CC1)Nc1c(F)cc(Br)cc1F. The van der Waals surface area contributed by atoms with Gasteiger partial charge in [0.2, 0.25) is 0 Å². The molecule has 0 radical (unpaired) electrons. The molecule has 1 fully saturated rings. The molecule has 1 saturated carbocycles. The second-order valence-electron chi connectivity index (χ2n) is 4.64. The van der Waals surface area contributed by atoms with Crippen LogP contribution in [0.25, 0.3) is 0 Å². The highest BCUT2D eigenvalue weighted by Crippen LogP contribution is 2.45. The maximum Gasteiger partial charge on any atom is 0.319 e. The van der Waals surface area contributed by atoms with Crippen LogP contribution in [0.5, 0.6) is 0 Å². The number of rotatable bonds is 4. The summed E-state index contributed by atoms with van der Waals surface area (Å²) in [4.78, 5) is 22.4. The number of aliphatic carboxylic acids is 1. The molecule has 0 spiro atoms. The van der Waals surface area contributed by atoms with E-state index >= 15 is 0 Å². The Morgan fingerprint density at radius 3 is 2.30 bits per heavy atom. The molecule has 2 amide bonds. The highest BCUT2D eigenvalue weighted by molar-refractivity contribution is 9.10. The Morgan fingerprint density at radius 2 is 1.85 bits per heavy atom. The fourth-order valence-corrected chi connectivity index (χ4v) is 2.09. The highest BCUT2D eigenvalue weighted by atomic mass is 79.9. The van der Waals surface area contributed by atoms with E-state index in [4.69, 9.17) is 5.11 Å². The van der Waals surface area contributed by atoms with Crippen molar-refractivity contribution in [3.05, 3.63) is 28.2 Å². The van der Waals surface area contributed by atoms with Crippen LogP contribution in [0, 0.1) is 17.0 Å². The summed E-state index contributed by atoms with van der Waals surface area (Å²) in [6, 6.07) is 1.18. The van der Waals surface area contributed by atoms with E-state index < -0.39 is 34.7 Å². The number of halogens is 3. The molecule has 0 atom stereocenters. The molecular weight excluding hydrogens is 338 g/mol. The average Bonchev–Trinajstić information content (AvgIpc) is 3.12. The van der Waals surface area contributed by atoms with Gasteiger partial charge in [-0.25, -0.2) is 13.6 Å². The lowest BCUT2D eigenvalue weighted by molar-refractivity contribution is -0.143. The molecule has 1 aromatic rings. The van der Waals surface area contributed by atoms with E-state index in [0.717, 1.165) is 12.1 Å². The van der Waals surface area contributed by atoms with Gasteiger partial charge >= 0.3 is 12.0 Å². The summed E-state index contributed by atoms with van der Waals surface area (Å²) in [5.74, 6) is -2.84. The third kappa shape index (κ3) is 3.06. The number of urea groups is 1. The molecule has 2 rings (SSSR count). The summed E-state index contributed by atoms with van der Waals surface area (Å²) < 4.78 is 27.2. The zero-order chi connectivity index (χ0) is 14.9. The van der Waals surface area contributed by atoms with Gasteiger partial charge in [-0.3, -0.25) is 4.79 Å². The first-order valence-electron chi connectivity index (χ1n) is 5.77. The number of carboxylic acid groups (broad SMARTS) is 1. The quantitative estimate of drug-likeness (QED) is 0.782. The molecule has 5 nitrogen and oxygen atoms in total. The molecule has 1 aliphatic rings. The lowest BCUT2D eigenvalue weighted by Gasteiger charge is -2.13. The van der Waals surface area contributed by atoms with Crippen molar-refractivity contribution in [3.8, 4) is 0 Å². The Labute approximate surface area is 121 Å². The molecule has 1 aromatic carbocycles. The Hall–Kier alpha value is -1.70. The van der Waals surface area contributed by atoms with Gasteiger partial charge in [-0.1, -0.05) is 15.9 Å². The molecular formula is C12H11BrF2N2O3. The van der Waals surface area contributed by atoms with Crippen molar-refractivity contribution in [1.82, 2.24) is 5.32 Å². The van der Waals surface area contributed by atoms with E-state index in [-0.39, 0.29) is 11.0 Å². The zero-order valence-corrected chi connectivity index (χ0v) is 11.8. The van der Waals surface area contributed by atoms with Crippen molar-refractivity contribution in [2.45, 2.75) is 12.8 Å². The summed E-state index contributed by atoms with van der Waals surface area (Å²) in [5.41, 5.74) is -1.51. The first-order valence-corrected chi connectivity index (χ1v) is 6.56. The Bertz CT molecular complexity index is 553. The Morgan fingerprint density at radius 1 is 1.30 bits per heavy atom. The van der Waals surface area contributed by atoms with E-state index in [1.54, 1.807) is 0 Å². The van der Waals surface area contributed by atoms with Crippen LogP contribution in [-0.2, 0) is 4.79 Å². The van der Waals surface area contributed by atoms with Crippen LogP contribution in [0.1, 0.15) is 12.8 Å². The van der Waals surface area contributed by atoms with Crippen LogP contribution in [0.2, 0.25) is 0 Å². The van der Waals surface area contributed by atoms with Gasteiger partial charge in [0.1, 0.15) is 5.69 Å². The molecule has 0 bridgehead atoms. The molecule has 108 valence electrons. The van der Waals surface area contributed by atoms with Crippen molar-refractivity contribution < 1.29 is 23.5 Å². The van der Waals surface area contributed by atoms with E-state index in [1.807, 2.05) is 5.32 Å². The minimum Gasteiger partial charge on any atom is -0.481 e. The first kappa shape index (κ1) is 14.7. The largest absolute Gasteiger partial charge is 0.481 e. The number of anilines is 1. The Kier molecular flexibility index (Phi) is 3.94. The number of hydrogen-bond donors (Lipinski definition) is 3. The number of carboxylic acids is 1. The molecule has 1 aliphatic carbocycles. The number of nitrogens with one attached hydrogen (secondary N) is 2. The predicted octanol–water partition coefficient (Wildman–Crippen LogP) is 2.71. The van der Waals surface area contributed by atoms with E-state index in [2.05, 4.69) is 21.2 Å². The van der Waals surface area contributed by atoms with Crippen molar-refractivity contribution in [2.75, 3.05) is 11.9 Å². The topological polar surface area (TPSA) is 78.4 Å². The smallest absolute Gasteiger partial charge is 0.319 e. The van der Waals surface area contributed by atoms with E-state index in [9.17, 15) is 18.4 Å². The van der Waals surface area contributed by atoms with Crippen molar-refractivity contribution in [3.63, 3.8) is 0 Å². The summed E-state index contributed by atoms with van der Waals surface area (Å²) in [6.07, 6.45) is 0.952. The normalized spacial score (nSPS) is 15.6. The van der Waals surface area contributed by atoms with E-state index in [0.29, 0.717) is 12.8 Å². The average molecular weight is 349 g/mol. The third-order valence-corrected chi connectivity index (χ3v) is 3.60. The zero-order valence-electron chi connectivity index (χ0n) is 10.2. The fraction of sp³-hybridized carbons (Fsp3) is 0.333.